The lowest BCUT2D eigenvalue weighted by Crippen LogP contribution is -2.47. The molecular weight excluding hydrogens is 590 g/mol. The first kappa shape index (κ1) is 30.4. The van der Waals surface area contributed by atoms with Crippen LogP contribution in [-0.4, -0.2) is 97.6 Å². The van der Waals surface area contributed by atoms with E-state index < -0.39 is 0 Å². The summed E-state index contributed by atoms with van der Waals surface area (Å²) in [6.45, 7) is 6.11. The molecule has 2 aromatic heterocycles. The van der Waals surface area contributed by atoms with Gasteiger partial charge in [0.15, 0.2) is 5.82 Å². The molecule has 4 unspecified atom stereocenters. The van der Waals surface area contributed by atoms with Gasteiger partial charge in [0.2, 0.25) is 11.8 Å². The van der Waals surface area contributed by atoms with Crippen molar-refractivity contribution < 1.29 is 9.59 Å². The van der Waals surface area contributed by atoms with E-state index in [1.165, 1.54) is 16.7 Å². The summed E-state index contributed by atoms with van der Waals surface area (Å²) >= 11 is 0. The maximum atomic E-state index is 14.1. The highest BCUT2D eigenvalue weighted by Gasteiger charge is 2.53. The molecule has 2 N–H and O–H groups in total. The van der Waals surface area contributed by atoms with Crippen molar-refractivity contribution in [3.05, 3.63) is 71.8 Å². The molecule has 8 rings (SSSR count). The number of nitrogens with zero attached hydrogens (tertiary/aromatic N) is 7. The second-order valence-electron chi connectivity index (χ2n) is 14.4. The number of pyridine rings is 1. The number of aromatic nitrogens is 4. The minimum absolute atomic E-state index is 0.160. The number of hydrogen-bond donors (Lipinski definition) is 2. The third-order valence-electron chi connectivity index (χ3n) is 11.5. The van der Waals surface area contributed by atoms with Crippen molar-refractivity contribution in [2.24, 2.45) is 18.4 Å². The van der Waals surface area contributed by atoms with Crippen LogP contribution in [0.25, 0.3) is 17.0 Å². The van der Waals surface area contributed by atoms with Crippen molar-refractivity contribution in [2.45, 2.75) is 63.6 Å². The number of carbonyl (C=O) groups excluding carboxylic acids is 2. The van der Waals surface area contributed by atoms with E-state index >= 15 is 0 Å². The molecule has 11 nitrogen and oxygen atoms in total. The van der Waals surface area contributed by atoms with Gasteiger partial charge in [-0.15, -0.1) is 0 Å². The minimum Gasteiger partial charge on any atom is -0.339 e. The van der Waals surface area contributed by atoms with Crippen molar-refractivity contribution in [3.63, 3.8) is 0 Å². The molecule has 1 spiro atoms. The van der Waals surface area contributed by atoms with Gasteiger partial charge in [-0.25, -0.2) is 10.4 Å². The van der Waals surface area contributed by atoms with Gasteiger partial charge >= 0.3 is 0 Å². The Balaban J connectivity index is 0.850. The van der Waals surface area contributed by atoms with Crippen LogP contribution in [0.4, 0.5) is 0 Å². The summed E-state index contributed by atoms with van der Waals surface area (Å²) in [7, 11) is 1.87. The van der Waals surface area contributed by atoms with E-state index in [2.05, 4.69) is 78.2 Å². The third-order valence-corrected chi connectivity index (χ3v) is 11.5. The van der Waals surface area contributed by atoms with Crippen LogP contribution in [0.15, 0.2) is 55.0 Å². The first-order valence-electron chi connectivity index (χ1n) is 17.3. The highest BCUT2D eigenvalue weighted by Crippen LogP contribution is 2.45. The summed E-state index contributed by atoms with van der Waals surface area (Å²) in [5.74, 6) is 1.65. The van der Waals surface area contributed by atoms with Gasteiger partial charge < -0.3 is 9.80 Å². The predicted octanol–water partition coefficient (Wildman–Crippen LogP) is 3.11. The fourth-order valence-corrected chi connectivity index (χ4v) is 8.83. The molecule has 5 atom stereocenters. The van der Waals surface area contributed by atoms with Crippen molar-refractivity contribution in [1.82, 2.24) is 45.3 Å². The van der Waals surface area contributed by atoms with Crippen LogP contribution in [-0.2, 0) is 16.6 Å². The van der Waals surface area contributed by atoms with Gasteiger partial charge in [-0.3, -0.25) is 29.6 Å². The smallest absolute Gasteiger partial charge is 0.237 e. The van der Waals surface area contributed by atoms with Crippen LogP contribution < -0.4 is 10.9 Å². The SMILES string of the molecule is Cc1cc(C2NNC3CCC(N4CC[C@@]5(CCN(CC(=O)N6CC=C(c7ccc(-c8ncn(C)n8)cc7)CC6)C5)C4=O)CC32)ccn1. The number of benzene rings is 1. The van der Waals surface area contributed by atoms with E-state index in [4.69, 9.17) is 0 Å². The van der Waals surface area contributed by atoms with Crippen LogP contribution in [0, 0.1) is 18.3 Å². The number of hydrogen-bond acceptors (Lipinski definition) is 8. The second kappa shape index (κ2) is 12.3. The molecule has 3 saturated heterocycles. The first-order chi connectivity index (χ1) is 22.8. The number of rotatable bonds is 6. The Morgan fingerprint density at radius 2 is 1.85 bits per heavy atom. The van der Waals surface area contributed by atoms with Gasteiger partial charge in [0.1, 0.15) is 6.33 Å². The molecule has 0 radical (unpaired) electrons. The minimum atomic E-state index is -0.336. The quantitative estimate of drug-likeness (QED) is 0.425. The number of hydrazine groups is 1. The molecule has 6 heterocycles. The molecule has 1 aromatic carbocycles. The van der Waals surface area contributed by atoms with Gasteiger partial charge in [-0.05, 0) is 86.7 Å². The predicted molar refractivity (Wildman–Crippen MR) is 178 cm³/mol. The van der Waals surface area contributed by atoms with Gasteiger partial charge in [0, 0.05) is 62.8 Å². The summed E-state index contributed by atoms with van der Waals surface area (Å²) in [5.41, 5.74) is 12.5. The number of nitrogens with one attached hydrogen (secondary N) is 2. The lowest BCUT2D eigenvalue weighted by atomic mass is 9.76. The largest absolute Gasteiger partial charge is 0.339 e. The summed E-state index contributed by atoms with van der Waals surface area (Å²) in [6, 6.07) is 13.6. The number of amides is 2. The Kier molecular flexibility index (Phi) is 7.93. The molecule has 4 aliphatic heterocycles. The monoisotopic (exact) mass is 635 g/mol. The molecule has 4 fully saturated rings. The number of fused-ring (bicyclic) bond motifs is 1. The van der Waals surface area contributed by atoms with Crippen molar-refractivity contribution in [1.29, 1.82) is 0 Å². The second-order valence-corrected chi connectivity index (χ2v) is 14.4. The topological polar surface area (TPSA) is 112 Å². The van der Waals surface area contributed by atoms with E-state index in [-0.39, 0.29) is 23.4 Å². The van der Waals surface area contributed by atoms with E-state index in [1.807, 2.05) is 25.1 Å². The van der Waals surface area contributed by atoms with Crippen LogP contribution in [0.5, 0.6) is 0 Å². The van der Waals surface area contributed by atoms with Crippen LogP contribution in [0.3, 0.4) is 0 Å². The third kappa shape index (κ3) is 5.78. The van der Waals surface area contributed by atoms with Gasteiger partial charge in [-0.2, -0.15) is 5.10 Å². The number of likely N-dealkylation sites (tertiary alicyclic amines) is 2. The molecular formula is C36H45N9O2. The lowest BCUT2D eigenvalue weighted by molar-refractivity contribution is -0.139. The molecule has 246 valence electrons. The van der Waals surface area contributed by atoms with E-state index in [0.717, 1.165) is 68.7 Å². The Hall–Kier alpha value is -3.93. The van der Waals surface area contributed by atoms with Crippen molar-refractivity contribution in [2.75, 3.05) is 39.3 Å². The molecule has 5 aliphatic rings. The standard InChI is InChI=1S/C36H45N9O2/c1-24-19-28(9-14-37-24)33-30-20-29(7-8-31(30)39-40-33)45-18-13-36(35(45)47)12-17-43(22-36)21-32(46)44-15-10-26(11-16-44)25-3-5-27(6-4-25)34-38-23-42(2)41-34/h3-6,9-10,14,19,23,29-31,33,39-40H,7-8,11-13,15-18,20-22H2,1-2H3/t29?,30?,31?,33?,36-/m1/s1. The fraction of sp³-hybridized carbons (Fsp3) is 0.528. The molecule has 1 aliphatic carbocycles. The summed E-state index contributed by atoms with van der Waals surface area (Å²) in [5, 5.41) is 4.39. The lowest BCUT2D eigenvalue weighted by Gasteiger charge is -2.38. The average molecular weight is 636 g/mol. The normalized spacial score (nSPS) is 29.5. The Labute approximate surface area is 276 Å². The Morgan fingerprint density at radius 1 is 1.02 bits per heavy atom. The van der Waals surface area contributed by atoms with Gasteiger partial charge in [0.25, 0.3) is 0 Å². The summed E-state index contributed by atoms with van der Waals surface area (Å²) in [4.78, 5) is 42.6. The average Bonchev–Trinajstić information content (AvgIpc) is 3.88. The number of carbonyl (C=O) groups is 2. The van der Waals surface area contributed by atoms with Crippen LogP contribution >= 0.6 is 0 Å². The highest BCUT2D eigenvalue weighted by atomic mass is 16.2. The Bertz CT molecular complexity index is 1690. The number of aryl methyl sites for hydroxylation is 2. The zero-order chi connectivity index (χ0) is 32.1. The fourth-order valence-electron chi connectivity index (χ4n) is 8.83. The molecule has 1 saturated carbocycles. The van der Waals surface area contributed by atoms with E-state index in [0.29, 0.717) is 44.0 Å². The van der Waals surface area contributed by atoms with E-state index in [9.17, 15) is 9.59 Å². The van der Waals surface area contributed by atoms with Crippen LogP contribution in [0.2, 0.25) is 0 Å². The highest BCUT2D eigenvalue weighted by molar-refractivity contribution is 5.86. The molecule has 47 heavy (non-hydrogen) atoms. The molecule has 0 bridgehead atoms. The zero-order valence-corrected chi connectivity index (χ0v) is 27.4. The van der Waals surface area contributed by atoms with Gasteiger partial charge in [-0.1, -0.05) is 30.3 Å². The maximum Gasteiger partial charge on any atom is 0.237 e. The molecule has 11 heteroatoms. The van der Waals surface area contributed by atoms with Gasteiger partial charge in [0.05, 0.1) is 18.0 Å². The zero-order valence-electron chi connectivity index (χ0n) is 27.4. The van der Waals surface area contributed by atoms with Crippen molar-refractivity contribution >= 4 is 17.4 Å². The van der Waals surface area contributed by atoms with Crippen molar-refractivity contribution in [3.8, 4) is 11.4 Å². The maximum absolute atomic E-state index is 14.1. The Morgan fingerprint density at radius 3 is 2.62 bits per heavy atom. The van der Waals surface area contributed by atoms with Crippen LogP contribution in [0.1, 0.15) is 61.4 Å². The molecule has 3 aromatic rings. The summed E-state index contributed by atoms with van der Waals surface area (Å²) < 4.78 is 1.71. The first-order valence-corrected chi connectivity index (χ1v) is 17.3. The van der Waals surface area contributed by atoms with E-state index in [1.54, 1.807) is 11.0 Å². The molecule has 2 amide bonds. The summed E-state index contributed by atoms with van der Waals surface area (Å²) in [6.07, 6.45) is 11.5.